The van der Waals surface area contributed by atoms with Gasteiger partial charge < -0.3 is 17.1 Å². The number of para-hydroxylation sites is 1. The summed E-state index contributed by atoms with van der Waals surface area (Å²) >= 11 is 0. The van der Waals surface area contributed by atoms with Gasteiger partial charge >= 0.3 is 25.4 Å². The minimum absolute atomic E-state index is 0. The molecule has 0 aliphatic rings. The number of aromatic carboxylic acids is 1. The van der Waals surface area contributed by atoms with E-state index in [1.54, 1.807) is 0 Å². The monoisotopic (exact) mass is 328 g/mol. The normalized spacial score (nSPS) is 9.10. The first-order valence-corrected chi connectivity index (χ1v) is 6.92. The molecule has 0 fully saturated rings. The summed E-state index contributed by atoms with van der Waals surface area (Å²) in [6.45, 7) is 6.05. The van der Waals surface area contributed by atoms with Gasteiger partial charge in [-0.1, -0.05) is 69.4 Å². The molecule has 0 saturated carbocycles. The van der Waals surface area contributed by atoms with E-state index < -0.39 is 11.7 Å². The fraction of sp³-hybridized carbons (Fsp3) is 0.500. The molecule has 1 rings (SSSR count). The molecule has 108 valence electrons. The maximum absolute atomic E-state index is 10.7. The van der Waals surface area contributed by atoms with Gasteiger partial charge in [0.1, 0.15) is 0 Å². The number of hydrogen-bond acceptors (Lipinski definition) is 2. The van der Waals surface area contributed by atoms with Gasteiger partial charge in [0.2, 0.25) is 0 Å². The SMILES string of the molecule is O=C(O)c1ccccc1[O-].[CH2-]CCCCCCCC.[Zn+2]. The van der Waals surface area contributed by atoms with Crippen molar-refractivity contribution in [1.82, 2.24) is 0 Å². The standard InChI is InChI=1S/C9H19.C7H6O3.Zn/c1-3-5-7-9-8-6-4-2;8-6-4-2-1-3-5(6)7(9)10;/h1,3-9H2,2H3;1-4,8H,(H,9,10);/q-1;;+2/p-1. The number of benzene rings is 1. The zero-order valence-corrected chi connectivity index (χ0v) is 15.4. The van der Waals surface area contributed by atoms with Crippen LogP contribution in [0.4, 0.5) is 0 Å². The second-order valence-electron chi connectivity index (χ2n) is 4.42. The zero-order valence-electron chi connectivity index (χ0n) is 12.4. The molecule has 4 heteroatoms. The molecule has 0 heterocycles. The molecule has 0 radical (unpaired) electrons. The van der Waals surface area contributed by atoms with Crippen molar-refractivity contribution >= 4 is 5.97 Å². The molecule has 0 aliphatic heterocycles. The predicted octanol–water partition coefficient (Wildman–Crippen LogP) is 4.03. The molecule has 1 N–H and O–H groups in total. The number of hydrogen-bond donors (Lipinski definition) is 1. The third-order valence-electron chi connectivity index (χ3n) is 2.72. The molecule has 0 aromatic heterocycles. The molecule has 0 atom stereocenters. The summed E-state index contributed by atoms with van der Waals surface area (Å²) in [5.74, 6) is -1.62. The second-order valence-corrected chi connectivity index (χ2v) is 4.42. The molecule has 1 aromatic carbocycles. The van der Waals surface area contributed by atoms with E-state index in [0.717, 1.165) is 6.42 Å². The van der Waals surface area contributed by atoms with E-state index in [2.05, 4.69) is 13.8 Å². The first-order valence-electron chi connectivity index (χ1n) is 6.92. The van der Waals surface area contributed by atoms with Gasteiger partial charge in [-0.2, -0.15) is 6.42 Å². The van der Waals surface area contributed by atoms with Gasteiger partial charge in [-0.25, -0.2) is 4.79 Å². The molecule has 20 heavy (non-hydrogen) atoms. The number of carbonyl (C=O) groups is 1. The molecule has 0 aliphatic carbocycles. The molecule has 3 nitrogen and oxygen atoms in total. The molecule has 0 saturated heterocycles. The Balaban J connectivity index is 0. The van der Waals surface area contributed by atoms with Gasteiger partial charge in [0, 0.05) is 0 Å². The Kier molecular flexibility index (Phi) is 15.5. The second kappa shape index (κ2) is 14.5. The molecular weight excluding hydrogens is 306 g/mol. The number of carboxylic acid groups (broad SMARTS) is 1. The fourth-order valence-electron chi connectivity index (χ4n) is 1.60. The van der Waals surface area contributed by atoms with Crippen LogP contribution in [-0.2, 0) is 19.5 Å². The van der Waals surface area contributed by atoms with Crippen LogP contribution in [-0.4, -0.2) is 11.1 Å². The third-order valence-corrected chi connectivity index (χ3v) is 2.72. The Hall–Kier alpha value is -0.887. The quantitative estimate of drug-likeness (QED) is 0.467. The molecule has 1 aromatic rings. The van der Waals surface area contributed by atoms with Crippen molar-refractivity contribution in [3.8, 4) is 5.75 Å². The smallest absolute Gasteiger partial charge is 0.872 e. The third kappa shape index (κ3) is 11.0. The average molecular weight is 330 g/mol. The largest absolute Gasteiger partial charge is 2.00 e. The predicted molar refractivity (Wildman–Crippen MR) is 76.2 cm³/mol. The topological polar surface area (TPSA) is 60.4 Å². The molecule has 0 amide bonds. The van der Waals surface area contributed by atoms with Crippen LogP contribution in [0.2, 0.25) is 0 Å². The Morgan fingerprint density at radius 1 is 1.15 bits per heavy atom. The van der Waals surface area contributed by atoms with Crippen LogP contribution < -0.4 is 5.11 Å². The molecular formula is C16H24O3Zn. The van der Waals surface area contributed by atoms with Crippen LogP contribution in [0.15, 0.2) is 24.3 Å². The summed E-state index contributed by atoms with van der Waals surface area (Å²) in [7, 11) is 0. The van der Waals surface area contributed by atoms with E-state index in [1.807, 2.05) is 0 Å². The minimum atomic E-state index is -1.18. The zero-order chi connectivity index (χ0) is 14.5. The van der Waals surface area contributed by atoms with Gasteiger partial charge in [-0.15, -0.1) is 0 Å². The summed E-state index contributed by atoms with van der Waals surface area (Å²) in [5, 5.41) is 19.0. The Labute approximate surface area is 135 Å². The van der Waals surface area contributed by atoms with Crippen LogP contribution in [0.3, 0.4) is 0 Å². The van der Waals surface area contributed by atoms with Crippen LogP contribution >= 0.6 is 0 Å². The van der Waals surface area contributed by atoms with Gasteiger partial charge in [0.15, 0.2) is 0 Å². The van der Waals surface area contributed by atoms with Crippen LogP contribution in [0.1, 0.15) is 62.2 Å². The number of rotatable bonds is 7. The number of unbranched alkanes of at least 4 members (excludes halogenated alkanes) is 6. The van der Waals surface area contributed by atoms with Crippen LogP contribution in [0.5, 0.6) is 5.75 Å². The Morgan fingerprint density at radius 2 is 1.70 bits per heavy atom. The Bertz CT molecular complexity index is 347. The minimum Gasteiger partial charge on any atom is -0.872 e. The van der Waals surface area contributed by atoms with Crippen LogP contribution in [0.25, 0.3) is 0 Å². The molecule has 0 spiro atoms. The van der Waals surface area contributed by atoms with E-state index in [1.165, 1.54) is 62.8 Å². The maximum Gasteiger partial charge on any atom is 2.00 e. The van der Waals surface area contributed by atoms with E-state index >= 15 is 0 Å². The van der Waals surface area contributed by atoms with E-state index in [-0.39, 0.29) is 25.0 Å². The van der Waals surface area contributed by atoms with Crippen molar-refractivity contribution in [1.29, 1.82) is 0 Å². The van der Waals surface area contributed by atoms with Crippen molar-refractivity contribution in [3.63, 3.8) is 0 Å². The van der Waals surface area contributed by atoms with Crippen molar-refractivity contribution in [3.05, 3.63) is 36.8 Å². The van der Waals surface area contributed by atoms with Crippen molar-refractivity contribution in [2.24, 2.45) is 0 Å². The number of carboxylic acids is 1. The van der Waals surface area contributed by atoms with E-state index in [9.17, 15) is 9.90 Å². The van der Waals surface area contributed by atoms with E-state index in [0.29, 0.717) is 0 Å². The summed E-state index contributed by atoms with van der Waals surface area (Å²) < 4.78 is 0. The van der Waals surface area contributed by atoms with Gasteiger partial charge in [0.25, 0.3) is 0 Å². The molecule has 0 bridgehead atoms. The first-order chi connectivity index (χ1) is 9.13. The first kappa shape index (κ1) is 21.4. The average Bonchev–Trinajstić information content (AvgIpc) is 2.40. The van der Waals surface area contributed by atoms with Crippen molar-refractivity contribution in [2.45, 2.75) is 51.9 Å². The summed E-state index contributed by atoms with van der Waals surface area (Å²) in [5.41, 5.74) is -0.178. The van der Waals surface area contributed by atoms with Gasteiger partial charge in [0.05, 0.1) is 5.56 Å². The summed E-state index contributed by atoms with van der Waals surface area (Å²) in [6.07, 6.45) is 9.45. The van der Waals surface area contributed by atoms with Crippen molar-refractivity contribution < 1.29 is 34.5 Å². The summed E-state index contributed by atoms with van der Waals surface area (Å²) in [6, 6.07) is 5.54. The fourth-order valence-corrected chi connectivity index (χ4v) is 1.60. The molecule has 0 unspecified atom stereocenters. The maximum atomic E-state index is 10.7. The van der Waals surface area contributed by atoms with Gasteiger partial charge in [-0.05, 0) is 6.07 Å². The van der Waals surface area contributed by atoms with E-state index in [4.69, 9.17) is 5.11 Å². The van der Waals surface area contributed by atoms with Crippen LogP contribution in [0, 0.1) is 6.92 Å². The van der Waals surface area contributed by atoms with Gasteiger partial charge in [-0.3, -0.25) is 0 Å². The summed E-state index contributed by atoms with van der Waals surface area (Å²) in [4.78, 5) is 10.2. The van der Waals surface area contributed by atoms with Crippen molar-refractivity contribution in [2.75, 3.05) is 0 Å². The Morgan fingerprint density at radius 3 is 2.15 bits per heavy atom.